The predicted octanol–water partition coefficient (Wildman–Crippen LogP) is 3.34. The molecule has 0 spiro atoms. The molecule has 128 valence electrons. The molecule has 0 saturated heterocycles. The molecule has 2 N–H and O–H groups in total. The van der Waals surface area contributed by atoms with Crippen molar-refractivity contribution in [2.24, 2.45) is 0 Å². The topological polar surface area (TPSA) is 71.3 Å². The SMILES string of the molecule is CC(=O)NC(CC(=O)NC(C)c1ccc(C)o1)c1ccc(C)cc1. The lowest BCUT2D eigenvalue weighted by atomic mass is 10.0. The lowest BCUT2D eigenvalue weighted by Crippen LogP contribution is -2.33. The van der Waals surface area contributed by atoms with E-state index in [0.717, 1.165) is 16.9 Å². The smallest absolute Gasteiger partial charge is 0.222 e. The molecule has 1 heterocycles. The molecule has 2 amide bonds. The van der Waals surface area contributed by atoms with Gasteiger partial charge in [-0.3, -0.25) is 9.59 Å². The molecule has 24 heavy (non-hydrogen) atoms. The molecule has 2 rings (SSSR count). The predicted molar refractivity (Wildman–Crippen MR) is 92.4 cm³/mol. The van der Waals surface area contributed by atoms with Crippen LogP contribution < -0.4 is 10.6 Å². The third-order valence-corrected chi connectivity index (χ3v) is 3.81. The maximum absolute atomic E-state index is 12.4. The van der Waals surface area contributed by atoms with Crippen LogP contribution in [0.3, 0.4) is 0 Å². The fourth-order valence-corrected chi connectivity index (χ4v) is 2.54. The largest absolute Gasteiger partial charge is 0.464 e. The van der Waals surface area contributed by atoms with Gasteiger partial charge in [-0.15, -0.1) is 0 Å². The Bertz CT molecular complexity index is 704. The fourth-order valence-electron chi connectivity index (χ4n) is 2.54. The van der Waals surface area contributed by atoms with E-state index in [2.05, 4.69) is 10.6 Å². The van der Waals surface area contributed by atoms with Gasteiger partial charge >= 0.3 is 0 Å². The highest BCUT2D eigenvalue weighted by molar-refractivity contribution is 5.79. The number of carbonyl (C=O) groups is 2. The summed E-state index contributed by atoms with van der Waals surface area (Å²) in [6.45, 7) is 7.18. The van der Waals surface area contributed by atoms with E-state index in [1.54, 1.807) is 0 Å². The second-order valence-electron chi connectivity index (χ2n) is 6.11. The number of benzene rings is 1. The number of amides is 2. The van der Waals surface area contributed by atoms with Crippen LogP contribution in [0, 0.1) is 13.8 Å². The van der Waals surface area contributed by atoms with Crippen LogP contribution in [0.2, 0.25) is 0 Å². The molecule has 1 aromatic carbocycles. The zero-order valence-electron chi connectivity index (χ0n) is 14.6. The van der Waals surface area contributed by atoms with E-state index >= 15 is 0 Å². The lowest BCUT2D eigenvalue weighted by Gasteiger charge is -2.19. The van der Waals surface area contributed by atoms with Gasteiger partial charge < -0.3 is 15.1 Å². The van der Waals surface area contributed by atoms with Gasteiger partial charge in [0.25, 0.3) is 0 Å². The highest BCUT2D eigenvalue weighted by Gasteiger charge is 2.19. The Balaban J connectivity index is 2.04. The first-order chi connectivity index (χ1) is 11.3. The van der Waals surface area contributed by atoms with E-state index in [9.17, 15) is 9.59 Å². The number of carbonyl (C=O) groups excluding carboxylic acids is 2. The van der Waals surface area contributed by atoms with Crippen molar-refractivity contribution in [3.05, 3.63) is 59.0 Å². The maximum atomic E-state index is 12.4. The Kier molecular flexibility index (Phi) is 5.79. The monoisotopic (exact) mass is 328 g/mol. The van der Waals surface area contributed by atoms with Gasteiger partial charge in [-0.25, -0.2) is 0 Å². The Morgan fingerprint density at radius 3 is 2.25 bits per heavy atom. The zero-order valence-corrected chi connectivity index (χ0v) is 14.6. The van der Waals surface area contributed by atoms with Gasteiger partial charge in [0.15, 0.2) is 0 Å². The Morgan fingerprint density at radius 1 is 1.04 bits per heavy atom. The van der Waals surface area contributed by atoms with Crippen LogP contribution >= 0.6 is 0 Å². The lowest BCUT2D eigenvalue weighted by molar-refractivity contribution is -0.123. The zero-order chi connectivity index (χ0) is 17.7. The van der Waals surface area contributed by atoms with Crippen LogP contribution in [0.15, 0.2) is 40.8 Å². The van der Waals surface area contributed by atoms with Gasteiger partial charge in [-0.2, -0.15) is 0 Å². The van der Waals surface area contributed by atoms with Crippen LogP contribution in [0.5, 0.6) is 0 Å². The average Bonchev–Trinajstić information content (AvgIpc) is 2.93. The maximum Gasteiger partial charge on any atom is 0.222 e. The van der Waals surface area contributed by atoms with Gasteiger partial charge in [0, 0.05) is 6.92 Å². The summed E-state index contributed by atoms with van der Waals surface area (Å²) in [5, 5.41) is 5.75. The molecule has 0 bridgehead atoms. The van der Waals surface area contributed by atoms with Crippen molar-refractivity contribution in [2.45, 2.75) is 46.2 Å². The van der Waals surface area contributed by atoms with Gasteiger partial charge in [-0.1, -0.05) is 29.8 Å². The van der Waals surface area contributed by atoms with Crippen LogP contribution in [0.4, 0.5) is 0 Å². The molecule has 2 unspecified atom stereocenters. The second-order valence-corrected chi connectivity index (χ2v) is 6.11. The van der Waals surface area contributed by atoms with Crippen molar-refractivity contribution in [3.63, 3.8) is 0 Å². The molecule has 5 nitrogen and oxygen atoms in total. The number of rotatable bonds is 6. The van der Waals surface area contributed by atoms with Crippen molar-refractivity contribution < 1.29 is 14.0 Å². The van der Waals surface area contributed by atoms with Gasteiger partial charge in [0.1, 0.15) is 11.5 Å². The fraction of sp³-hybridized carbons (Fsp3) is 0.368. The number of nitrogens with one attached hydrogen (secondary N) is 2. The van der Waals surface area contributed by atoms with E-state index in [1.165, 1.54) is 6.92 Å². The summed E-state index contributed by atoms with van der Waals surface area (Å²) in [6.07, 6.45) is 0.173. The Hall–Kier alpha value is -2.56. The summed E-state index contributed by atoms with van der Waals surface area (Å²) in [6, 6.07) is 10.9. The normalized spacial score (nSPS) is 13.2. The molecule has 5 heteroatoms. The highest BCUT2D eigenvalue weighted by Crippen LogP contribution is 2.20. The molecule has 0 aliphatic heterocycles. The Morgan fingerprint density at radius 2 is 1.71 bits per heavy atom. The highest BCUT2D eigenvalue weighted by atomic mass is 16.3. The van der Waals surface area contributed by atoms with Crippen LogP contribution in [-0.2, 0) is 9.59 Å². The van der Waals surface area contributed by atoms with E-state index < -0.39 is 0 Å². The summed E-state index contributed by atoms with van der Waals surface area (Å²) in [7, 11) is 0. The summed E-state index contributed by atoms with van der Waals surface area (Å²) in [4.78, 5) is 23.8. The molecular weight excluding hydrogens is 304 g/mol. The molecule has 0 radical (unpaired) electrons. The minimum absolute atomic E-state index is 0.143. The molecule has 1 aromatic heterocycles. The summed E-state index contributed by atoms with van der Waals surface area (Å²) in [5.74, 6) is 1.22. The van der Waals surface area contributed by atoms with E-state index in [0.29, 0.717) is 5.76 Å². The number of hydrogen-bond donors (Lipinski definition) is 2. The first kappa shape index (κ1) is 17.8. The third-order valence-electron chi connectivity index (χ3n) is 3.81. The van der Waals surface area contributed by atoms with Crippen LogP contribution in [0.25, 0.3) is 0 Å². The van der Waals surface area contributed by atoms with Crippen molar-refractivity contribution in [1.29, 1.82) is 0 Å². The van der Waals surface area contributed by atoms with Crippen molar-refractivity contribution in [3.8, 4) is 0 Å². The Labute approximate surface area is 142 Å². The van der Waals surface area contributed by atoms with Crippen molar-refractivity contribution >= 4 is 11.8 Å². The first-order valence-electron chi connectivity index (χ1n) is 8.04. The van der Waals surface area contributed by atoms with Crippen LogP contribution in [0.1, 0.15) is 55.0 Å². The van der Waals surface area contributed by atoms with E-state index in [4.69, 9.17) is 4.42 Å². The summed E-state index contributed by atoms with van der Waals surface area (Å²) >= 11 is 0. The minimum atomic E-state index is -0.353. The molecule has 2 aromatic rings. The number of aryl methyl sites for hydroxylation is 2. The molecular formula is C19H24N2O3. The average molecular weight is 328 g/mol. The standard InChI is InChI=1S/C19H24N2O3/c1-12-5-8-16(9-6-12)17(21-15(4)22)11-19(23)20-14(3)18-10-7-13(2)24-18/h5-10,14,17H,11H2,1-4H3,(H,20,23)(H,21,22). The number of furan rings is 1. The third kappa shape index (κ3) is 4.98. The van der Waals surface area contributed by atoms with E-state index in [-0.39, 0.29) is 30.3 Å². The summed E-state index contributed by atoms with van der Waals surface area (Å²) in [5.41, 5.74) is 2.04. The first-order valence-corrected chi connectivity index (χ1v) is 8.04. The summed E-state index contributed by atoms with van der Waals surface area (Å²) < 4.78 is 5.53. The van der Waals surface area contributed by atoms with Gasteiger partial charge in [0.2, 0.25) is 11.8 Å². The molecule has 0 aliphatic rings. The minimum Gasteiger partial charge on any atom is -0.464 e. The number of hydrogen-bond acceptors (Lipinski definition) is 3. The molecule has 2 atom stereocenters. The van der Waals surface area contributed by atoms with Crippen LogP contribution in [-0.4, -0.2) is 11.8 Å². The molecule has 0 saturated carbocycles. The second kappa shape index (κ2) is 7.81. The van der Waals surface area contributed by atoms with Crippen molar-refractivity contribution in [2.75, 3.05) is 0 Å². The van der Waals surface area contributed by atoms with Gasteiger partial charge in [-0.05, 0) is 38.5 Å². The van der Waals surface area contributed by atoms with E-state index in [1.807, 2.05) is 57.2 Å². The molecule has 0 aliphatic carbocycles. The molecule has 0 fully saturated rings. The van der Waals surface area contributed by atoms with Gasteiger partial charge in [0.05, 0.1) is 18.5 Å². The quantitative estimate of drug-likeness (QED) is 0.854. The van der Waals surface area contributed by atoms with Crippen molar-refractivity contribution in [1.82, 2.24) is 10.6 Å².